The number of nitrogens with one attached hydrogen (secondary N) is 1. The van der Waals surface area contributed by atoms with Crippen molar-refractivity contribution in [3.8, 4) is 5.75 Å². The minimum Gasteiger partial charge on any atom is -0.535 e. The summed E-state index contributed by atoms with van der Waals surface area (Å²) in [5.74, 6) is -1.56. The molecule has 0 saturated heterocycles. The van der Waals surface area contributed by atoms with Crippen molar-refractivity contribution >= 4 is 24.8 Å². The molecule has 0 bridgehead atoms. The number of fused-ring (bicyclic) bond motifs is 2. The van der Waals surface area contributed by atoms with Crippen molar-refractivity contribution in [1.29, 1.82) is 5.41 Å². The minimum atomic E-state index is -1.26. The van der Waals surface area contributed by atoms with Crippen molar-refractivity contribution in [3.63, 3.8) is 0 Å². The lowest BCUT2D eigenvalue weighted by molar-refractivity contribution is 0.0693. The fourth-order valence-corrected chi connectivity index (χ4v) is 3.92. The average molecular weight is 393 g/mol. The van der Waals surface area contributed by atoms with Crippen LogP contribution in [0.5, 0.6) is 5.75 Å². The van der Waals surface area contributed by atoms with Gasteiger partial charge in [-0.25, -0.2) is 4.79 Å². The molecule has 0 amide bonds. The Labute approximate surface area is 167 Å². The van der Waals surface area contributed by atoms with Crippen LogP contribution in [0.25, 0.3) is 0 Å². The SMILES string of the molecule is N=C(N)N1Cc2ccc(C(=O)C[C@H]3Cc4cccc(C(=O)O)c4OB3O)cc2C1. The number of Topliss-reactive ketones (excluding diaryl/α,β-unsaturated/α-hetero) is 1. The molecule has 5 N–H and O–H groups in total. The molecule has 0 unspecified atom stereocenters. The number of carboxylic acid groups (broad SMARTS) is 1. The van der Waals surface area contributed by atoms with Crippen molar-refractivity contribution in [2.45, 2.75) is 31.7 Å². The van der Waals surface area contributed by atoms with Gasteiger partial charge < -0.3 is 25.4 Å². The molecule has 2 aliphatic rings. The number of guanidine groups is 1. The van der Waals surface area contributed by atoms with Crippen LogP contribution in [0.4, 0.5) is 0 Å². The van der Waals surface area contributed by atoms with E-state index < -0.39 is 18.9 Å². The van der Waals surface area contributed by atoms with Gasteiger partial charge in [-0.1, -0.05) is 24.3 Å². The van der Waals surface area contributed by atoms with E-state index >= 15 is 0 Å². The summed E-state index contributed by atoms with van der Waals surface area (Å²) >= 11 is 0. The first kappa shape index (κ1) is 19.0. The van der Waals surface area contributed by atoms with E-state index in [-0.39, 0.29) is 29.5 Å². The summed E-state index contributed by atoms with van der Waals surface area (Å²) in [4.78, 5) is 25.9. The first-order valence-electron chi connectivity index (χ1n) is 9.27. The Morgan fingerprint density at radius 3 is 2.69 bits per heavy atom. The zero-order chi connectivity index (χ0) is 20.7. The summed E-state index contributed by atoms with van der Waals surface area (Å²) in [5.41, 5.74) is 8.74. The molecule has 29 heavy (non-hydrogen) atoms. The normalized spacial score (nSPS) is 17.3. The fourth-order valence-electron chi connectivity index (χ4n) is 3.92. The molecule has 0 saturated carbocycles. The molecule has 0 radical (unpaired) electrons. The zero-order valence-corrected chi connectivity index (χ0v) is 15.6. The van der Waals surface area contributed by atoms with Crippen molar-refractivity contribution in [2.24, 2.45) is 5.73 Å². The van der Waals surface area contributed by atoms with E-state index in [1.54, 1.807) is 23.1 Å². The highest BCUT2D eigenvalue weighted by molar-refractivity contribution is 6.47. The molecule has 0 aromatic heterocycles. The molecule has 2 aromatic rings. The molecule has 0 spiro atoms. The summed E-state index contributed by atoms with van der Waals surface area (Å²) in [6, 6.07) is 10.2. The van der Waals surface area contributed by atoms with Gasteiger partial charge in [0.1, 0.15) is 5.75 Å². The topological polar surface area (TPSA) is 137 Å². The second-order valence-corrected chi connectivity index (χ2v) is 7.42. The number of para-hydroxylation sites is 1. The highest BCUT2D eigenvalue weighted by Crippen LogP contribution is 2.37. The number of carbonyl (C=O) groups excluding carboxylic acids is 1. The van der Waals surface area contributed by atoms with Crippen molar-refractivity contribution in [1.82, 2.24) is 4.90 Å². The van der Waals surface area contributed by atoms with Gasteiger partial charge in [-0.15, -0.1) is 0 Å². The minimum absolute atomic E-state index is 0.0000239. The molecular weight excluding hydrogens is 373 g/mol. The molecule has 0 aliphatic carbocycles. The monoisotopic (exact) mass is 393 g/mol. The quantitative estimate of drug-likeness (QED) is 0.268. The maximum atomic E-state index is 12.8. The average Bonchev–Trinajstić information content (AvgIpc) is 3.11. The molecule has 0 fully saturated rings. The van der Waals surface area contributed by atoms with Gasteiger partial charge in [-0.2, -0.15) is 0 Å². The predicted octanol–water partition coefficient (Wildman–Crippen LogP) is 1.65. The van der Waals surface area contributed by atoms with Crippen LogP contribution < -0.4 is 10.4 Å². The number of benzene rings is 2. The number of aromatic carboxylic acids is 1. The van der Waals surface area contributed by atoms with Gasteiger partial charge in [-0.05, 0) is 35.2 Å². The molecule has 8 nitrogen and oxygen atoms in total. The third-order valence-electron chi connectivity index (χ3n) is 5.49. The number of nitrogens with two attached hydrogens (primary N) is 1. The van der Waals surface area contributed by atoms with E-state index in [2.05, 4.69) is 0 Å². The van der Waals surface area contributed by atoms with Crippen LogP contribution in [0, 0.1) is 5.41 Å². The van der Waals surface area contributed by atoms with E-state index in [1.165, 1.54) is 6.07 Å². The lowest BCUT2D eigenvalue weighted by atomic mass is 9.64. The van der Waals surface area contributed by atoms with Gasteiger partial charge >= 0.3 is 13.1 Å². The second-order valence-electron chi connectivity index (χ2n) is 7.42. The highest BCUT2D eigenvalue weighted by atomic mass is 16.5. The summed E-state index contributed by atoms with van der Waals surface area (Å²) in [5, 5.41) is 27.2. The molecule has 2 aromatic carbocycles. The molecule has 2 aliphatic heterocycles. The van der Waals surface area contributed by atoms with Gasteiger partial charge in [0, 0.05) is 30.9 Å². The van der Waals surface area contributed by atoms with E-state index in [4.69, 9.17) is 15.8 Å². The first-order chi connectivity index (χ1) is 13.8. The number of carboxylic acids is 1. The van der Waals surface area contributed by atoms with Crippen LogP contribution in [0.1, 0.15) is 43.8 Å². The number of ketones is 1. The Morgan fingerprint density at radius 2 is 1.97 bits per heavy atom. The van der Waals surface area contributed by atoms with Gasteiger partial charge in [0.15, 0.2) is 11.7 Å². The van der Waals surface area contributed by atoms with Crippen LogP contribution in [0.15, 0.2) is 36.4 Å². The lowest BCUT2D eigenvalue weighted by Crippen LogP contribution is -2.35. The number of hydrogen-bond acceptors (Lipinski definition) is 5. The van der Waals surface area contributed by atoms with E-state index in [0.717, 1.165) is 11.1 Å². The molecule has 4 rings (SSSR count). The van der Waals surface area contributed by atoms with Crippen LogP contribution in [0.2, 0.25) is 5.82 Å². The second kappa shape index (κ2) is 7.25. The summed E-state index contributed by atoms with van der Waals surface area (Å²) < 4.78 is 5.47. The van der Waals surface area contributed by atoms with Crippen molar-refractivity contribution in [3.05, 3.63) is 64.2 Å². The van der Waals surface area contributed by atoms with Gasteiger partial charge in [0.2, 0.25) is 0 Å². The largest absolute Gasteiger partial charge is 0.535 e. The third-order valence-corrected chi connectivity index (χ3v) is 5.49. The van der Waals surface area contributed by atoms with Crippen LogP contribution in [-0.4, -0.2) is 39.9 Å². The van der Waals surface area contributed by atoms with Crippen LogP contribution in [0.3, 0.4) is 0 Å². The Hall–Kier alpha value is -3.33. The summed E-state index contributed by atoms with van der Waals surface area (Å²) in [6.07, 6.45) is 0.430. The molecule has 1 atom stereocenters. The third kappa shape index (κ3) is 3.56. The van der Waals surface area contributed by atoms with Gasteiger partial charge in [-0.3, -0.25) is 10.2 Å². The van der Waals surface area contributed by atoms with E-state index in [0.29, 0.717) is 30.6 Å². The molecule has 9 heteroatoms. The maximum absolute atomic E-state index is 12.8. The van der Waals surface area contributed by atoms with Gasteiger partial charge in [0.05, 0.1) is 5.56 Å². The van der Waals surface area contributed by atoms with Gasteiger partial charge in [0.25, 0.3) is 0 Å². The van der Waals surface area contributed by atoms with E-state index in [1.807, 2.05) is 12.1 Å². The Kier molecular flexibility index (Phi) is 4.75. The van der Waals surface area contributed by atoms with Crippen molar-refractivity contribution in [2.75, 3.05) is 0 Å². The molecular formula is C20H20BN3O5. The first-order valence-corrected chi connectivity index (χ1v) is 9.27. The molecule has 148 valence electrons. The number of rotatable bonds is 4. The summed E-state index contributed by atoms with van der Waals surface area (Å²) in [6.45, 7) is 1.04. The van der Waals surface area contributed by atoms with E-state index in [9.17, 15) is 19.7 Å². The smallest absolute Gasteiger partial charge is 0.526 e. The standard InChI is InChI=1S/C20H20BN3O5/c22-20(23)24-9-13-5-4-11(6-14(13)10-24)17(25)8-15-7-12-2-1-3-16(19(26)27)18(12)29-21(15)28/h1-6,15,28H,7-10H2,(H3,22,23)(H,26,27)/t15-/m1/s1. The Bertz CT molecular complexity index is 1030. The molecule has 2 heterocycles. The number of nitrogens with zero attached hydrogens (tertiary/aromatic N) is 1. The number of hydrogen-bond donors (Lipinski definition) is 4. The fraction of sp³-hybridized carbons (Fsp3) is 0.250. The Balaban J connectivity index is 1.50. The lowest BCUT2D eigenvalue weighted by Gasteiger charge is -2.28. The highest BCUT2D eigenvalue weighted by Gasteiger charge is 2.38. The zero-order valence-electron chi connectivity index (χ0n) is 15.6. The predicted molar refractivity (Wildman–Crippen MR) is 106 cm³/mol. The Morgan fingerprint density at radius 1 is 1.21 bits per heavy atom. The van der Waals surface area contributed by atoms with Crippen molar-refractivity contribution < 1.29 is 24.4 Å². The summed E-state index contributed by atoms with van der Waals surface area (Å²) in [7, 11) is -1.26. The van der Waals surface area contributed by atoms with Crippen LogP contribution >= 0.6 is 0 Å². The maximum Gasteiger partial charge on any atom is 0.526 e. The number of carbonyl (C=O) groups is 2. The van der Waals surface area contributed by atoms with Crippen LogP contribution in [-0.2, 0) is 19.5 Å².